The highest BCUT2D eigenvalue weighted by Crippen LogP contribution is 2.09. The van der Waals surface area contributed by atoms with Gasteiger partial charge in [-0.05, 0) is 5.56 Å². The number of morpholine rings is 1. The van der Waals surface area contributed by atoms with E-state index < -0.39 is 0 Å². The van der Waals surface area contributed by atoms with Gasteiger partial charge in [-0.3, -0.25) is 14.6 Å². The van der Waals surface area contributed by atoms with Gasteiger partial charge in [0.05, 0.1) is 26.0 Å². The predicted molar refractivity (Wildman–Crippen MR) is 112 cm³/mol. The van der Waals surface area contributed by atoms with Crippen LogP contribution in [0.3, 0.4) is 0 Å². The summed E-state index contributed by atoms with van der Waals surface area (Å²) in [5.74, 6) is -0.271. The summed E-state index contributed by atoms with van der Waals surface area (Å²) in [4.78, 5) is 36.4. The molecule has 1 aliphatic heterocycles. The second kappa shape index (κ2) is 12.0. The number of amides is 2. The highest BCUT2D eigenvalue weighted by Gasteiger charge is 2.19. The molecule has 3 rings (SSSR count). The van der Waals surface area contributed by atoms with Crippen LogP contribution in [-0.2, 0) is 16.1 Å². The molecule has 0 radical (unpaired) electrons. The van der Waals surface area contributed by atoms with E-state index in [1.165, 1.54) is 23.5 Å². The number of hydrogen-bond acceptors (Lipinski definition) is 5. The highest BCUT2D eigenvalue weighted by molar-refractivity contribution is 5.92. The molecule has 0 spiro atoms. The third kappa shape index (κ3) is 7.20. The van der Waals surface area contributed by atoms with Crippen molar-refractivity contribution < 1.29 is 19.2 Å². The fraction of sp³-hybridized carbons (Fsp3) is 0.455. The smallest absolute Gasteiger partial charge is 0.274 e. The van der Waals surface area contributed by atoms with Gasteiger partial charge in [0.25, 0.3) is 5.91 Å². The van der Waals surface area contributed by atoms with Crippen molar-refractivity contribution in [2.45, 2.75) is 19.4 Å². The van der Waals surface area contributed by atoms with Crippen LogP contribution in [0, 0.1) is 0 Å². The molecule has 8 heteroatoms. The zero-order chi connectivity index (χ0) is 21.0. The number of nitrogens with one attached hydrogen (secondary N) is 2. The lowest BCUT2D eigenvalue weighted by atomic mass is 10.2. The van der Waals surface area contributed by atoms with Gasteiger partial charge in [0.1, 0.15) is 18.8 Å². The van der Waals surface area contributed by atoms with Crippen molar-refractivity contribution in [1.29, 1.82) is 0 Å². The van der Waals surface area contributed by atoms with Gasteiger partial charge >= 0.3 is 0 Å². The summed E-state index contributed by atoms with van der Waals surface area (Å²) in [6.45, 7) is 6.14. The van der Waals surface area contributed by atoms with Gasteiger partial charge in [0, 0.05) is 44.9 Å². The lowest BCUT2D eigenvalue weighted by Gasteiger charge is -2.24. The molecule has 30 heavy (non-hydrogen) atoms. The first-order valence-corrected chi connectivity index (χ1v) is 10.5. The number of ether oxygens (including phenoxy) is 1. The summed E-state index contributed by atoms with van der Waals surface area (Å²) < 4.78 is 5.36. The Kier molecular flexibility index (Phi) is 8.74. The van der Waals surface area contributed by atoms with E-state index in [1.54, 1.807) is 4.90 Å². The van der Waals surface area contributed by atoms with Gasteiger partial charge in [-0.15, -0.1) is 0 Å². The highest BCUT2D eigenvalue weighted by atomic mass is 16.5. The molecule has 160 valence electrons. The molecule has 1 aromatic carbocycles. The predicted octanol–water partition coefficient (Wildman–Crippen LogP) is -0.0695. The summed E-state index contributed by atoms with van der Waals surface area (Å²) in [5, 5.41) is 2.97. The molecule has 2 aromatic rings. The fourth-order valence-corrected chi connectivity index (χ4v) is 3.43. The number of carbonyl (C=O) groups is 2. The Hall–Kier alpha value is -2.84. The molecular formula is C22H30N5O3+. The maximum atomic E-state index is 12.9. The molecule has 2 N–H and O–H groups in total. The summed E-state index contributed by atoms with van der Waals surface area (Å²) in [6, 6.07) is 9.73. The lowest BCUT2D eigenvalue weighted by Crippen LogP contribution is -3.14. The molecule has 0 unspecified atom stereocenters. The van der Waals surface area contributed by atoms with Crippen LogP contribution >= 0.6 is 0 Å². The molecular weight excluding hydrogens is 382 g/mol. The molecule has 0 aliphatic carbocycles. The van der Waals surface area contributed by atoms with Crippen molar-refractivity contribution in [2.75, 3.05) is 45.9 Å². The van der Waals surface area contributed by atoms with Crippen LogP contribution in [0.1, 0.15) is 28.9 Å². The van der Waals surface area contributed by atoms with Gasteiger partial charge in [-0.1, -0.05) is 30.3 Å². The summed E-state index contributed by atoms with van der Waals surface area (Å²) in [7, 11) is 0. The number of carbonyl (C=O) groups excluding carboxylic acids is 2. The minimum Gasteiger partial charge on any atom is -0.370 e. The summed E-state index contributed by atoms with van der Waals surface area (Å²) in [5.41, 5.74) is 1.28. The Balaban J connectivity index is 1.47. The van der Waals surface area contributed by atoms with Crippen molar-refractivity contribution in [2.24, 2.45) is 0 Å². The van der Waals surface area contributed by atoms with Crippen molar-refractivity contribution in [3.8, 4) is 0 Å². The third-order valence-electron chi connectivity index (χ3n) is 5.12. The SMILES string of the molecule is O=C(CCN(Cc1ccccc1)C(=O)c1cnccn1)NCCC[NH+]1CCOCC1. The van der Waals surface area contributed by atoms with Crippen LogP contribution < -0.4 is 10.2 Å². The van der Waals surface area contributed by atoms with Gasteiger partial charge in [0.2, 0.25) is 5.91 Å². The van der Waals surface area contributed by atoms with Crippen LogP contribution in [0.4, 0.5) is 0 Å². The molecule has 0 bridgehead atoms. The van der Waals surface area contributed by atoms with Crippen LogP contribution in [0.15, 0.2) is 48.9 Å². The quantitative estimate of drug-likeness (QED) is 0.534. The lowest BCUT2D eigenvalue weighted by molar-refractivity contribution is -0.908. The minimum absolute atomic E-state index is 0.0445. The average Bonchev–Trinajstić information content (AvgIpc) is 2.81. The normalized spacial score (nSPS) is 14.3. The van der Waals surface area contributed by atoms with Crippen molar-refractivity contribution in [3.63, 3.8) is 0 Å². The van der Waals surface area contributed by atoms with E-state index in [0.717, 1.165) is 44.8 Å². The van der Waals surface area contributed by atoms with Crippen LogP contribution in [-0.4, -0.2) is 72.6 Å². The number of quaternary nitrogens is 1. The van der Waals surface area contributed by atoms with E-state index in [4.69, 9.17) is 4.74 Å². The first-order valence-electron chi connectivity index (χ1n) is 10.5. The third-order valence-corrected chi connectivity index (χ3v) is 5.12. The number of rotatable bonds is 10. The summed E-state index contributed by atoms with van der Waals surface area (Å²) in [6.07, 6.45) is 5.67. The molecule has 2 amide bonds. The first kappa shape index (κ1) is 21.9. The van der Waals surface area contributed by atoms with E-state index in [-0.39, 0.29) is 23.9 Å². The Bertz CT molecular complexity index is 782. The van der Waals surface area contributed by atoms with E-state index in [0.29, 0.717) is 19.6 Å². The molecule has 1 aromatic heterocycles. The number of hydrogen-bond donors (Lipinski definition) is 2. The Labute approximate surface area is 177 Å². The fourth-order valence-electron chi connectivity index (χ4n) is 3.43. The van der Waals surface area contributed by atoms with Gasteiger partial charge in [0.15, 0.2) is 0 Å². The summed E-state index contributed by atoms with van der Waals surface area (Å²) >= 11 is 0. The number of nitrogens with zero attached hydrogens (tertiary/aromatic N) is 3. The van der Waals surface area contributed by atoms with Crippen LogP contribution in [0.25, 0.3) is 0 Å². The molecule has 2 heterocycles. The van der Waals surface area contributed by atoms with E-state index in [2.05, 4.69) is 15.3 Å². The molecule has 1 aliphatic rings. The van der Waals surface area contributed by atoms with E-state index in [9.17, 15) is 9.59 Å². The molecule has 0 atom stereocenters. The molecule has 8 nitrogen and oxygen atoms in total. The second-order valence-corrected chi connectivity index (χ2v) is 7.37. The van der Waals surface area contributed by atoms with Crippen molar-refractivity contribution in [3.05, 3.63) is 60.2 Å². The maximum Gasteiger partial charge on any atom is 0.274 e. The number of benzene rings is 1. The topological polar surface area (TPSA) is 88.9 Å². The first-order chi connectivity index (χ1) is 14.7. The zero-order valence-corrected chi connectivity index (χ0v) is 17.3. The monoisotopic (exact) mass is 412 g/mol. The maximum absolute atomic E-state index is 12.9. The Morgan fingerprint density at radius 3 is 2.67 bits per heavy atom. The molecule has 1 fully saturated rings. The average molecular weight is 413 g/mol. The van der Waals surface area contributed by atoms with Crippen molar-refractivity contribution >= 4 is 11.8 Å². The standard InChI is InChI=1S/C22H29N5O3/c28-21(25-8-4-11-26-13-15-30-16-14-26)7-12-27(18-19-5-2-1-3-6-19)22(29)20-17-23-9-10-24-20/h1-3,5-6,9-10,17H,4,7-8,11-16,18H2,(H,25,28)/p+1. The van der Waals surface area contributed by atoms with Crippen molar-refractivity contribution in [1.82, 2.24) is 20.2 Å². The Morgan fingerprint density at radius 2 is 1.93 bits per heavy atom. The van der Waals surface area contributed by atoms with Gasteiger partial charge in [-0.2, -0.15) is 0 Å². The largest absolute Gasteiger partial charge is 0.370 e. The number of aromatic nitrogens is 2. The zero-order valence-electron chi connectivity index (χ0n) is 17.3. The molecule has 0 saturated carbocycles. The van der Waals surface area contributed by atoms with Gasteiger partial charge < -0.3 is 19.9 Å². The van der Waals surface area contributed by atoms with Gasteiger partial charge in [-0.25, -0.2) is 4.98 Å². The van der Waals surface area contributed by atoms with Crippen LogP contribution in [0.2, 0.25) is 0 Å². The minimum atomic E-state index is -0.226. The van der Waals surface area contributed by atoms with E-state index >= 15 is 0 Å². The Morgan fingerprint density at radius 1 is 1.13 bits per heavy atom. The van der Waals surface area contributed by atoms with Crippen LogP contribution in [0.5, 0.6) is 0 Å². The molecule has 1 saturated heterocycles. The van der Waals surface area contributed by atoms with E-state index in [1.807, 2.05) is 30.3 Å². The second-order valence-electron chi connectivity index (χ2n) is 7.37.